The smallest absolute Gasteiger partial charge is 0.268 e. The molecule has 30 heavy (non-hydrogen) atoms. The summed E-state index contributed by atoms with van der Waals surface area (Å²) in [6, 6.07) is 12.0. The lowest BCUT2D eigenvalue weighted by Gasteiger charge is -2.22. The number of benzene rings is 2. The Balaban J connectivity index is 2.31. The van der Waals surface area contributed by atoms with Gasteiger partial charge < -0.3 is 20.5 Å². The molecule has 0 aliphatic rings. The fourth-order valence-corrected chi connectivity index (χ4v) is 2.99. The third-order valence-corrected chi connectivity index (χ3v) is 4.86. The van der Waals surface area contributed by atoms with Crippen molar-refractivity contribution >= 4 is 51.4 Å². The number of carbonyl (C=O) groups is 3. The molecule has 0 spiro atoms. The molecule has 2 aromatic rings. The quantitative estimate of drug-likeness (QED) is 0.553. The molecule has 0 aromatic heterocycles. The average molecular weight is 493 g/mol. The fourth-order valence-electron chi connectivity index (χ4n) is 2.60. The van der Waals surface area contributed by atoms with E-state index in [0.29, 0.717) is 16.1 Å². The summed E-state index contributed by atoms with van der Waals surface area (Å²) >= 11 is 9.19. The van der Waals surface area contributed by atoms with E-state index in [1.54, 1.807) is 48.5 Å². The summed E-state index contributed by atoms with van der Waals surface area (Å²) < 4.78 is 0.805. The highest BCUT2D eigenvalue weighted by Gasteiger charge is 2.20. The second kappa shape index (κ2) is 10.9. The summed E-state index contributed by atoms with van der Waals surface area (Å²) in [7, 11) is 0. The van der Waals surface area contributed by atoms with Crippen molar-refractivity contribution in [1.29, 1.82) is 0 Å². The standard InChI is InChI=1S/C22H22BrClN2O4/c1-13(2)11-19(22(29)30)26-21(28)18(12-14-3-9-17(24)10-4-14)25-20(27)15-5-7-16(23)8-6-15/h3-10,12-13,19H,11H2,1-2H3,(H,25,27)(H,26,28)(H,29,30)/p-1/b18-12-/t19-/m1/s1. The van der Waals surface area contributed by atoms with Gasteiger partial charge in [0.2, 0.25) is 0 Å². The van der Waals surface area contributed by atoms with Gasteiger partial charge in [-0.3, -0.25) is 9.59 Å². The van der Waals surface area contributed by atoms with Crippen molar-refractivity contribution in [3.63, 3.8) is 0 Å². The van der Waals surface area contributed by atoms with Crippen LogP contribution in [0.2, 0.25) is 5.02 Å². The van der Waals surface area contributed by atoms with E-state index in [1.165, 1.54) is 6.08 Å². The van der Waals surface area contributed by atoms with E-state index in [4.69, 9.17) is 11.6 Å². The van der Waals surface area contributed by atoms with Crippen molar-refractivity contribution in [2.45, 2.75) is 26.3 Å². The number of hydrogen-bond acceptors (Lipinski definition) is 4. The number of hydrogen-bond donors (Lipinski definition) is 2. The van der Waals surface area contributed by atoms with E-state index in [1.807, 2.05) is 13.8 Å². The molecule has 0 fully saturated rings. The summed E-state index contributed by atoms with van der Waals surface area (Å²) in [5.41, 5.74) is 0.849. The van der Waals surface area contributed by atoms with Crippen LogP contribution in [0, 0.1) is 5.92 Å². The SMILES string of the molecule is CC(C)C[C@@H](NC(=O)/C(=C/c1ccc(Cl)cc1)NC(=O)c1ccc(Br)cc1)C(=O)[O-]. The van der Waals surface area contributed by atoms with Gasteiger partial charge in [0.15, 0.2) is 0 Å². The molecule has 2 aromatic carbocycles. The lowest BCUT2D eigenvalue weighted by Crippen LogP contribution is -2.50. The van der Waals surface area contributed by atoms with Gasteiger partial charge in [-0.05, 0) is 60.4 Å². The Labute approximate surface area is 188 Å². The van der Waals surface area contributed by atoms with Gasteiger partial charge in [0.1, 0.15) is 5.70 Å². The highest BCUT2D eigenvalue weighted by Crippen LogP contribution is 2.14. The minimum atomic E-state index is -1.39. The molecule has 0 bridgehead atoms. The molecular weight excluding hydrogens is 472 g/mol. The normalized spacial score (nSPS) is 12.4. The summed E-state index contributed by atoms with van der Waals surface area (Å²) in [4.78, 5) is 36.8. The van der Waals surface area contributed by atoms with Crippen molar-refractivity contribution in [3.8, 4) is 0 Å². The molecule has 0 unspecified atom stereocenters. The molecule has 0 aliphatic heterocycles. The fraction of sp³-hybridized carbons (Fsp3) is 0.227. The van der Waals surface area contributed by atoms with Crippen LogP contribution in [0.25, 0.3) is 6.08 Å². The van der Waals surface area contributed by atoms with E-state index in [9.17, 15) is 19.5 Å². The number of carboxylic acids is 1. The number of rotatable bonds is 8. The van der Waals surface area contributed by atoms with Crippen molar-refractivity contribution in [2.75, 3.05) is 0 Å². The monoisotopic (exact) mass is 491 g/mol. The Bertz CT molecular complexity index is 941. The molecule has 158 valence electrons. The second-order valence-electron chi connectivity index (χ2n) is 7.05. The molecule has 0 saturated heterocycles. The van der Waals surface area contributed by atoms with Crippen LogP contribution < -0.4 is 15.7 Å². The lowest BCUT2D eigenvalue weighted by molar-refractivity contribution is -0.308. The molecule has 6 nitrogen and oxygen atoms in total. The maximum absolute atomic E-state index is 12.8. The Morgan fingerprint density at radius 2 is 1.67 bits per heavy atom. The number of carboxylic acid groups (broad SMARTS) is 1. The Morgan fingerprint density at radius 1 is 1.07 bits per heavy atom. The lowest BCUT2D eigenvalue weighted by atomic mass is 10.0. The number of amides is 2. The van der Waals surface area contributed by atoms with Gasteiger partial charge in [0.25, 0.3) is 11.8 Å². The Kier molecular flexibility index (Phi) is 8.62. The van der Waals surface area contributed by atoms with E-state index in [0.717, 1.165) is 4.47 Å². The third kappa shape index (κ3) is 7.31. The maximum atomic E-state index is 12.8. The number of carbonyl (C=O) groups excluding carboxylic acids is 3. The molecule has 0 saturated carbocycles. The minimum Gasteiger partial charge on any atom is -0.548 e. The summed E-state index contributed by atoms with van der Waals surface area (Å²) in [6.45, 7) is 3.67. The first-order chi connectivity index (χ1) is 14.2. The first-order valence-electron chi connectivity index (χ1n) is 9.21. The van der Waals surface area contributed by atoms with Crippen molar-refractivity contribution in [2.24, 2.45) is 5.92 Å². The van der Waals surface area contributed by atoms with E-state index < -0.39 is 23.8 Å². The second-order valence-corrected chi connectivity index (χ2v) is 8.40. The van der Waals surface area contributed by atoms with Crippen LogP contribution in [-0.4, -0.2) is 23.8 Å². The molecule has 0 radical (unpaired) electrons. The minimum absolute atomic E-state index is 0.0225. The molecule has 0 heterocycles. The summed E-state index contributed by atoms with van der Waals surface area (Å²) in [6.07, 6.45) is 1.65. The van der Waals surface area contributed by atoms with E-state index in [2.05, 4.69) is 26.6 Å². The first-order valence-corrected chi connectivity index (χ1v) is 10.4. The van der Waals surface area contributed by atoms with Gasteiger partial charge in [0, 0.05) is 15.1 Å². The molecule has 2 rings (SSSR count). The molecular formula is C22H21BrClN2O4-. The highest BCUT2D eigenvalue weighted by molar-refractivity contribution is 9.10. The summed E-state index contributed by atoms with van der Waals surface area (Å²) in [5, 5.41) is 16.9. The molecule has 1 atom stereocenters. The number of halogens is 2. The molecule has 8 heteroatoms. The van der Waals surface area contributed by atoms with Crippen molar-refractivity contribution < 1.29 is 19.5 Å². The van der Waals surface area contributed by atoms with E-state index >= 15 is 0 Å². The Morgan fingerprint density at radius 3 is 2.20 bits per heavy atom. The van der Waals surface area contributed by atoms with Gasteiger partial charge >= 0.3 is 0 Å². The van der Waals surface area contributed by atoms with Gasteiger partial charge in [-0.2, -0.15) is 0 Å². The third-order valence-electron chi connectivity index (χ3n) is 4.08. The average Bonchev–Trinajstić information content (AvgIpc) is 2.68. The van der Waals surface area contributed by atoms with Crippen LogP contribution >= 0.6 is 27.5 Å². The molecule has 0 aliphatic carbocycles. The highest BCUT2D eigenvalue weighted by atomic mass is 79.9. The zero-order chi connectivity index (χ0) is 22.3. The summed E-state index contributed by atoms with van der Waals surface area (Å²) in [5.74, 6) is -2.60. The van der Waals surface area contributed by atoms with Crippen LogP contribution in [-0.2, 0) is 9.59 Å². The van der Waals surface area contributed by atoms with Crippen LogP contribution in [0.1, 0.15) is 36.2 Å². The zero-order valence-electron chi connectivity index (χ0n) is 16.4. The first kappa shape index (κ1) is 23.6. The topological polar surface area (TPSA) is 98.3 Å². The maximum Gasteiger partial charge on any atom is 0.268 e. The zero-order valence-corrected chi connectivity index (χ0v) is 18.8. The van der Waals surface area contributed by atoms with Gasteiger partial charge in [-0.15, -0.1) is 0 Å². The van der Waals surface area contributed by atoms with Crippen LogP contribution in [0.3, 0.4) is 0 Å². The van der Waals surface area contributed by atoms with Crippen molar-refractivity contribution in [1.82, 2.24) is 10.6 Å². The number of nitrogens with one attached hydrogen (secondary N) is 2. The van der Waals surface area contributed by atoms with Gasteiger partial charge in [0.05, 0.1) is 12.0 Å². The van der Waals surface area contributed by atoms with Gasteiger partial charge in [-0.25, -0.2) is 0 Å². The van der Waals surface area contributed by atoms with Gasteiger partial charge in [-0.1, -0.05) is 53.5 Å². The van der Waals surface area contributed by atoms with E-state index in [-0.39, 0.29) is 18.0 Å². The predicted octanol–water partition coefficient (Wildman–Crippen LogP) is 3.15. The largest absolute Gasteiger partial charge is 0.548 e. The number of aliphatic carboxylic acids is 1. The van der Waals surface area contributed by atoms with Crippen LogP contribution in [0.5, 0.6) is 0 Å². The molecule has 2 N–H and O–H groups in total. The van der Waals surface area contributed by atoms with Crippen LogP contribution in [0.4, 0.5) is 0 Å². The molecule has 2 amide bonds. The van der Waals surface area contributed by atoms with Crippen molar-refractivity contribution in [3.05, 3.63) is 74.9 Å². The van der Waals surface area contributed by atoms with Crippen LogP contribution in [0.15, 0.2) is 58.7 Å². The Hall–Kier alpha value is -2.64. The predicted molar refractivity (Wildman–Crippen MR) is 117 cm³/mol.